The van der Waals surface area contributed by atoms with Crippen LogP contribution in [0.3, 0.4) is 0 Å². The van der Waals surface area contributed by atoms with Gasteiger partial charge in [0.15, 0.2) is 5.69 Å². The van der Waals surface area contributed by atoms with E-state index in [0.717, 1.165) is 5.56 Å². The first-order chi connectivity index (χ1) is 8.08. The molecule has 1 aromatic carbocycles. The number of carboxylic acids is 1. The molecule has 1 N–H and O–H groups in total. The summed E-state index contributed by atoms with van der Waals surface area (Å²) in [4.78, 5) is 14.7. The molecule has 0 atom stereocenters. The first-order valence-corrected chi connectivity index (χ1v) is 5.45. The van der Waals surface area contributed by atoms with E-state index < -0.39 is 5.97 Å². The van der Waals surface area contributed by atoms with Gasteiger partial charge in [0.05, 0.1) is 6.33 Å². The molecule has 0 aliphatic heterocycles. The molecule has 0 bridgehead atoms. The van der Waals surface area contributed by atoms with E-state index in [9.17, 15) is 4.79 Å². The minimum Gasteiger partial charge on any atom is -0.476 e. The van der Waals surface area contributed by atoms with E-state index in [4.69, 9.17) is 16.7 Å². The highest BCUT2D eigenvalue weighted by Crippen LogP contribution is 2.13. The van der Waals surface area contributed by atoms with E-state index in [2.05, 4.69) is 4.98 Å². The van der Waals surface area contributed by atoms with E-state index in [1.165, 1.54) is 6.33 Å². The Morgan fingerprint density at radius 1 is 1.41 bits per heavy atom. The first kappa shape index (κ1) is 11.7. The van der Waals surface area contributed by atoms with Gasteiger partial charge in [0, 0.05) is 17.3 Å². The van der Waals surface area contributed by atoms with Crippen LogP contribution < -0.4 is 0 Å². The van der Waals surface area contributed by atoms with Gasteiger partial charge in [0.1, 0.15) is 0 Å². The quantitative estimate of drug-likeness (QED) is 0.911. The molecule has 0 aliphatic carbocycles. The Labute approximate surface area is 103 Å². The maximum Gasteiger partial charge on any atom is 0.356 e. The number of imidazole rings is 1. The van der Waals surface area contributed by atoms with Crippen LogP contribution in [0.15, 0.2) is 30.6 Å². The fourth-order valence-corrected chi connectivity index (χ4v) is 1.73. The molecule has 5 heteroatoms. The zero-order chi connectivity index (χ0) is 12.4. The zero-order valence-corrected chi connectivity index (χ0v) is 9.98. The molecule has 0 spiro atoms. The van der Waals surface area contributed by atoms with Gasteiger partial charge >= 0.3 is 5.97 Å². The smallest absolute Gasteiger partial charge is 0.356 e. The topological polar surface area (TPSA) is 55.1 Å². The highest BCUT2D eigenvalue weighted by Gasteiger charge is 2.12. The van der Waals surface area contributed by atoms with E-state index in [0.29, 0.717) is 17.3 Å². The van der Waals surface area contributed by atoms with Crippen LogP contribution in [-0.2, 0) is 6.54 Å². The number of aromatic carboxylic acids is 1. The Morgan fingerprint density at radius 3 is 2.59 bits per heavy atom. The molecule has 4 nitrogen and oxygen atoms in total. The highest BCUT2D eigenvalue weighted by atomic mass is 35.5. The van der Waals surface area contributed by atoms with Crippen molar-refractivity contribution in [1.29, 1.82) is 0 Å². The van der Waals surface area contributed by atoms with Gasteiger partial charge in [0.25, 0.3) is 0 Å². The lowest BCUT2D eigenvalue weighted by Crippen LogP contribution is -2.04. The molecule has 1 heterocycles. The van der Waals surface area contributed by atoms with Crippen molar-refractivity contribution in [3.63, 3.8) is 0 Å². The van der Waals surface area contributed by atoms with E-state index in [1.807, 2.05) is 12.1 Å². The van der Waals surface area contributed by atoms with Gasteiger partial charge in [-0.3, -0.25) is 0 Å². The van der Waals surface area contributed by atoms with Crippen molar-refractivity contribution < 1.29 is 9.90 Å². The number of hydrogen-bond donors (Lipinski definition) is 1. The monoisotopic (exact) mass is 250 g/mol. The number of nitrogens with zero attached hydrogens (tertiary/aromatic N) is 2. The fraction of sp³-hybridized carbons (Fsp3) is 0.167. The Morgan fingerprint density at radius 2 is 2.06 bits per heavy atom. The van der Waals surface area contributed by atoms with Crippen LogP contribution >= 0.6 is 11.6 Å². The molecule has 0 unspecified atom stereocenters. The molecule has 2 rings (SSSR count). The molecule has 0 amide bonds. The number of carboxylic acid groups (broad SMARTS) is 1. The second-order valence-electron chi connectivity index (χ2n) is 3.74. The number of aromatic nitrogens is 2. The van der Waals surface area contributed by atoms with Crippen LogP contribution in [-0.4, -0.2) is 20.6 Å². The summed E-state index contributed by atoms with van der Waals surface area (Å²) < 4.78 is 1.80. The van der Waals surface area contributed by atoms with Crippen LogP contribution in [0.1, 0.15) is 21.7 Å². The number of hydrogen-bond acceptors (Lipinski definition) is 2. The van der Waals surface area contributed by atoms with Crippen LogP contribution in [0, 0.1) is 6.92 Å². The summed E-state index contributed by atoms with van der Waals surface area (Å²) in [7, 11) is 0. The van der Waals surface area contributed by atoms with Gasteiger partial charge in [-0.2, -0.15) is 0 Å². The lowest BCUT2D eigenvalue weighted by molar-refractivity contribution is 0.0690. The summed E-state index contributed by atoms with van der Waals surface area (Å²) in [5, 5.41) is 9.57. The van der Waals surface area contributed by atoms with E-state index in [1.54, 1.807) is 23.6 Å². The Kier molecular flexibility index (Phi) is 3.15. The molecule has 88 valence electrons. The third kappa shape index (κ3) is 2.47. The Balaban J connectivity index is 2.24. The van der Waals surface area contributed by atoms with Crippen LogP contribution in [0.5, 0.6) is 0 Å². The summed E-state index contributed by atoms with van der Waals surface area (Å²) in [6.07, 6.45) is 1.54. The lowest BCUT2D eigenvalue weighted by atomic mass is 10.2. The average Bonchev–Trinajstić information content (AvgIpc) is 2.64. The normalized spacial score (nSPS) is 10.5. The summed E-state index contributed by atoms with van der Waals surface area (Å²) in [6.45, 7) is 2.33. The maximum atomic E-state index is 10.8. The molecule has 0 saturated heterocycles. The molecule has 0 fully saturated rings. The summed E-state index contributed by atoms with van der Waals surface area (Å²) in [6, 6.07) is 7.42. The third-order valence-corrected chi connectivity index (χ3v) is 2.82. The number of rotatable bonds is 3. The van der Waals surface area contributed by atoms with Gasteiger partial charge in [-0.1, -0.05) is 23.7 Å². The molecular formula is C12H11ClN2O2. The maximum absolute atomic E-state index is 10.8. The summed E-state index contributed by atoms with van der Waals surface area (Å²) in [5.74, 6) is -1.00. The van der Waals surface area contributed by atoms with Gasteiger partial charge in [0.2, 0.25) is 0 Å². The number of benzene rings is 1. The Hall–Kier alpha value is -1.81. The molecule has 0 saturated carbocycles. The second kappa shape index (κ2) is 4.59. The van der Waals surface area contributed by atoms with Crippen molar-refractivity contribution in [1.82, 2.24) is 9.55 Å². The highest BCUT2D eigenvalue weighted by molar-refractivity contribution is 6.30. The number of carbonyl (C=O) groups is 1. The Bertz CT molecular complexity index is 546. The van der Waals surface area contributed by atoms with Crippen molar-refractivity contribution in [2.75, 3.05) is 0 Å². The fourth-order valence-electron chi connectivity index (χ4n) is 1.60. The van der Waals surface area contributed by atoms with E-state index in [-0.39, 0.29) is 5.69 Å². The van der Waals surface area contributed by atoms with Crippen LogP contribution in [0.2, 0.25) is 5.02 Å². The van der Waals surface area contributed by atoms with E-state index >= 15 is 0 Å². The minimum absolute atomic E-state index is 0.0963. The predicted octanol–water partition coefficient (Wildman–Crippen LogP) is 2.59. The van der Waals surface area contributed by atoms with Crippen LogP contribution in [0.25, 0.3) is 0 Å². The molecule has 17 heavy (non-hydrogen) atoms. The molecule has 0 radical (unpaired) electrons. The standard InChI is InChI=1S/C12H11ClN2O2/c1-8-11(12(16)17)14-7-15(8)6-9-2-4-10(13)5-3-9/h2-5,7H,6H2,1H3,(H,16,17). The zero-order valence-electron chi connectivity index (χ0n) is 9.22. The minimum atomic E-state index is -1.00. The second-order valence-corrected chi connectivity index (χ2v) is 4.17. The third-order valence-electron chi connectivity index (χ3n) is 2.57. The van der Waals surface area contributed by atoms with Crippen molar-refractivity contribution in [2.45, 2.75) is 13.5 Å². The van der Waals surface area contributed by atoms with Gasteiger partial charge in [-0.25, -0.2) is 9.78 Å². The average molecular weight is 251 g/mol. The SMILES string of the molecule is Cc1c(C(=O)O)ncn1Cc1ccc(Cl)cc1. The van der Waals surface area contributed by atoms with Crippen molar-refractivity contribution in [3.05, 3.63) is 52.6 Å². The lowest BCUT2D eigenvalue weighted by Gasteiger charge is -2.05. The molecular weight excluding hydrogens is 240 g/mol. The molecule has 2 aromatic rings. The van der Waals surface area contributed by atoms with Crippen molar-refractivity contribution >= 4 is 17.6 Å². The molecule has 1 aromatic heterocycles. The van der Waals surface area contributed by atoms with Crippen molar-refractivity contribution in [3.8, 4) is 0 Å². The van der Waals surface area contributed by atoms with Gasteiger partial charge in [-0.15, -0.1) is 0 Å². The molecule has 0 aliphatic rings. The van der Waals surface area contributed by atoms with Crippen molar-refractivity contribution in [2.24, 2.45) is 0 Å². The predicted molar refractivity (Wildman–Crippen MR) is 64.5 cm³/mol. The summed E-state index contributed by atoms with van der Waals surface area (Å²) in [5.41, 5.74) is 1.79. The van der Waals surface area contributed by atoms with Gasteiger partial charge < -0.3 is 9.67 Å². The summed E-state index contributed by atoms with van der Waals surface area (Å²) >= 11 is 5.79. The van der Waals surface area contributed by atoms with Crippen LogP contribution in [0.4, 0.5) is 0 Å². The number of halogens is 1. The van der Waals surface area contributed by atoms with Gasteiger partial charge in [-0.05, 0) is 24.6 Å². The first-order valence-electron chi connectivity index (χ1n) is 5.07. The largest absolute Gasteiger partial charge is 0.476 e.